The smallest absolute Gasteiger partial charge is 0.251 e. The Morgan fingerprint density at radius 3 is 2.76 bits per heavy atom. The van der Waals surface area contributed by atoms with Gasteiger partial charge in [-0.15, -0.1) is 0 Å². The number of rotatable bonds is 5. The van der Waals surface area contributed by atoms with Gasteiger partial charge in [0.25, 0.3) is 5.91 Å². The average molecular weight is 293 g/mol. The third-order valence-electron chi connectivity index (χ3n) is 3.68. The number of anilines is 2. The fraction of sp³-hybridized carbons (Fsp3) is 0.533. The standard InChI is InChI=1S/C15H23N3O3/c1-2-17-14(19)11-3-4-13(12(16)9-11)18-10-15(20)5-7-21-8-6-15/h3-4,9,18,20H,2,5-8,10,16H2,1H3,(H,17,19). The van der Waals surface area contributed by atoms with Crippen LogP contribution in [0.1, 0.15) is 30.1 Å². The highest BCUT2D eigenvalue weighted by Crippen LogP contribution is 2.24. The maximum absolute atomic E-state index is 11.7. The number of nitrogens with two attached hydrogens (primary N) is 1. The van der Waals surface area contributed by atoms with Gasteiger partial charge in [0.05, 0.1) is 17.0 Å². The van der Waals surface area contributed by atoms with E-state index in [1.165, 1.54) is 0 Å². The van der Waals surface area contributed by atoms with Gasteiger partial charge in [-0.05, 0) is 25.1 Å². The molecule has 0 radical (unpaired) electrons. The minimum Gasteiger partial charge on any atom is -0.397 e. The number of carbonyl (C=O) groups is 1. The van der Waals surface area contributed by atoms with Crippen molar-refractivity contribution in [2.75, 3.05) is 37.4 Å². The molecular weight excluding hydrogens is 270 g/mol. The van der Waals surface area contributed by atoms with Gasteiger partial charge in [0.15, 0.2) is 0 Å². The molecular formula is C15H23N3O3. The zero-order valence-corrected chi connectivity index (χ0v) is 12.3. The van der Waals surface area contributed by atoms with Crippen LogP contribution in [0.4, 0.5) is 11.4 Å². The lowest BCUT2D eigenvalue weighted by Crippen LogP contribution is -2.42. The summed E-state index contributed by atoms with van der Waals surface area (Å²) in [5.41, 5.74) is 6.96. The van der Waals surface area contributed by atoms with Gasteiger partial charge in [-0.2, -0.15) is 0 Å². The van der Waals surface area contributed by atoms with E-state index in [4.69, 9.17) is 10.5 Å². The monoisotopic (exact) mass is 293 g/mol. The number of carbonyl (C=O) groups excluding carboxylic acids is 1. The minimum absolute atomic E-state index is 0.140. The third kappa shape index (κ3) is 4.09. The number of aliphatic hydroxyl groups is 1. The Labute approximate surface area is 124 Å². The molecule has 1 heterocycles. The molecule has 2 rings (SSSR count). The van der Waals surface area contributed by atoms with Crippen LogP contribution in [-0.4, -0.2) is 42.9 Å². The van der Waals surface area contributed by atoms with Crippen LogP contribution in [0.2, 0.25) is 0 Å². The van der Waals surface area contributed by atoms with Crippen molar-refractivity contribution in [2.45, 2.75) is 25.4 Å². The number of benzene rings is 1. The second-order valence-electron chi connectivity index (χ2n) is 5.35. The molecule has 6 heteroatoms. The topological polar surface area (TPSA) is 96.6 Å². The molecule has 1 aromatic carbocycles. The van der Waals surface area contributed by atoms with Crippen molar-refractivity contribution in [3.05, 3.63) is 23.8 Å². The zero-order valence-electron chi connectivity index (χ0n) is 12.3. The van der Waals surface area contributed by atoms with Crippen molar-refractivity contribution < 1.29 is 14.6 Å². The Morgan fingerprint density at radius 2 is 2.14 bits per heavy atom. The van der Waals surface area contributed by atoms with Gasteiger partial charge >= 0.3 is 0 Å². The van der Waals surface area contributed by atoms with Gasteiger partial charge in [0.1, 0.15) is 0 Å². The molecule has 1 saturated heterocycles. The number of nitrogen functional groups attached to an aromatic ring is 1. The fourth-order valence-electron chi connectivity index (χ4n) is 2.32. The van der Waals surface area contributed by atoms with E-state index in [-0.39, 0.29) is 5.91 Å². The van der Waals surface area contributed by atoms with E-state index >= 15 is 0 Å². The lowest BCUT2D eigenvalue weighted by molar-refractivity contribution is -0.0543. The predicted octanol–water partition coefficient (Wildman–Crippen LogP) is 0.972. The Kier molecular flexibility index (Phi) is 5.03. The summed E-state index contributed by atoms with van der Waals surface area (Å²) in [7, 11) is 0. The molecule has 1 aromatic rings. The molecule has 1 aliphatic heterocycles. The molecule has 0 aromatic heterocycles. The van der Waals surface area contributed by atoms with Crippen molar-refractivity contribution in [3.63, 3.8) is 0 Å². The molecule has 0 bridgehead atoms. The van der Waals surface area contributed by atoms with Crippen molar-refractivity contribution in [1.29, 1.82) is 0 Å². The molecule has 0 unspecified atom stereocenters. The number of hydrogen-bond donors (Lipinski definition) is 4. The number of hydrogen-bond acceptors (Lipinski definition) is 5. The molecule has 1 aliphatic rings. The Hall–Kier alpha value is -1.79. The van der Waals surface area contributed by atoms with Crippen molar-refractivity contribution in [1.82, 2.24) is 5.32 Å². The SMILES string of the molecule is CCNC(=O)c1ccc(NCC2(O)CCOCC2)c(N)c1. The third-order valence-corrected chi connectivity index (χ3v) is 3.68. The van der Waals surface area contributed by atoms with E-state index in [2.05, 4.69) is 10.6 Å². The number of ether oxygens (including phenoxy) is 1. The second-order valence-corrected chi connectivity index (χ2v) is 5.35. The second kappa shape index (κ2) is 6.78. The first-order valence-electron chi connectivity index (χ1n) is 7.26. The Bertz CT molecular complexity index is 499. The Balaban J connectivity index is 1.99. The summed E-state index contributed by atoms with van der Waals surface area (Å²) in [6.45, 7) is 4.01. The summed E-state index contributed by atoms with van der Waals surface area (Å²) in [6, 6.07) is 5.13. The van der Waals surface area contributed by atoms with E-state index in [9.17, 15) is 9.90 Å². The Morgan fingerprint density at radius 1 is 1.43 bits per heavy atom. The van der Waals surface area contributed by atoms with E-state index in [1.54, 1.807) is 18.2 Å². The maximum atomic E-state index is 11.7. The summed E-state index contributed by atoms with van der Waals surface area (Å²) in [6.07, 6.45) is 1.22. The molecule has 0 spiro atoms. The van der Waals surface area contributed by atoms with Crippen LogP contribution in [0.5, 0.6) is 0 Å². The first kappa shape index (κ1) is 15.6. The van der Waals surface area contributed by atoms with Crippen molar-refractivity contribution >= 4 is 17.3 Å². The molecule has 0 atom stereocenters. The lowest BCUT2D eigenvalue weighted by atomic mass is 9.94. The number of nitrogens with one attached hydrogen (secondary N) is 2. The van der Waals surface area contributed by atoms with Gasteiger partial charge in [-0.3, -0.25) is 4.79 Å². The highest BCUT2D eigenvalue weighted by Gasteiger charge is 2.29. The summed E-state index contributed by atoms with van der Waals surface area (Å²) in [4.78, 5) is 11.7. The minimum atomic E-state index is -0.761. The van der Waals surface area contributed by atoms with Gasteiger partial charge in [0, 0.05) is 44.7 Å². The van der Waals surface area contributed by atoms with E-state index in [1.807, 2.05) is 6.92 Å². The van der Waals surface area contributed by atoms with Crippen LogP contribution >= 0.6 is 0 Å². The summed E-state index contributed by atoms with van der Waals surface area (Å²) in [5, 5.41) is 16.3. The summed E-state index contributed by atoms with van der Waals surface area (Å²) in [5.74, 6) is -0.140. The lowest BCUT2D eigenvalue weighted by Gasteiger charge is -2.32. The van der Waals surface area contributed by atoms with Crippen molar-refractivity contribution in [2.24, 2.45) is 0 Å². The number of amides is 1. The normalized spacial score (nSPS) is 17.2. The van der Waals surface area contributed by atoms with Gasteiger partial charge in [-0.1, -0.05) is 0 Å². The first-order chi connectivity index (χ1) is 10.0. The molecule has 0 aliphatic carbocycles. The maximum Gasteiger partial charge on any atom is 0.251 e. The molecule has 6 nitrogen and oxygen atoms in total. The molecule has 21 heavy (non-hydrogen) atoms. The molecule has 0 saturated carbocycles. The average Bonchev–Trinajstić information content (AvgIpc) is 2.47. The van der Waals surface area contributed by atoms with Crippen LogP contribution in [0.3, 0.4) is 0 Å². The van der Waals surface area contributed by atoms with Crippen LogP contribution in [-0.2, 0) is 4.74 Å². The van der Waals surface area contributed by atoms with Gasteiger partial charge < -0.3 is 26.2 Å². The van der Waals surface area contributed by atoms with E-state index in [0.29, 0.717) is 50.4 Å². The van der Waals surface area contributed by atoms with Crippen LogP contribution in [0.15, 0.2) is 18.2 Å². The fourth-order valence-corrected chi connectivity index (χ4v) is 2.32. The van der Waals surface area contributed by atoms with Gasteiger partial charge in [0.2, 0.25) is 0 Å². The zero-order chi connectivity index (χ0) is 15.3. The first-order valence-corrected chi connectivity index (χ1v) is 7.26. The van der Waals surface area contributed by atoms with Gasteiger partial charge in [-0.25, -0.2) is 0 Å². The van der Waals surface area contributed by atoms with E-state index < -0.39 is 5.60 Å². The molecule has 1 fully saturated rings. The molecule has 1 amide bonds. The quantitative estimate of drug-likeness (QED) is 0.607. The molecule has 116 valence electrons. The molecule has 5 N–H and O–H groups in total. The van der Waals surface area contributed by atoms with Crippen molar-refractivity contribution in [3.8, 4) is 0 Å². The highest BCUT2D eigenvalue weighted by molar-refractivity contribution is 5.96. The summed E-state index contributed by atoms with van der Waals surface area (Å²) < 4.78 is 5.25. The van der Waals surface area contributed by atoms with Crippen LogP contribution < -0.4 is 16.4 Å². The van der Waals surface area contributed by atoms with Crippen LogP contribution in [0, 0.1) is 0 Å². The highest BCUT2D eigenvalue weighted by atomic mass is 16.5. The largest absolute Gasteiger partial charge is 0.397 e. The van der Waals surface area contributed by atoms with Crippen LogP contribution in [0.25, 0.3) is 0 Å². The summed E-state index contributed by atoms with van der Waals surface area (Å²) >= 11 is 0. The van der Waals surface area contributed by atoms with E-state index in [0.717, 1.165) is 5.69 Å². The predicted molar refractivity (Wildman–Crippen MR) is 82.4 cm³/mol.